The highest BCUT2D eigenvalue weighted by Crippen LogP contribution is 2.31. The van der Waals surface area contributed by atoms with Gasteiger partial charge in [0.15, 0.2) is 9.84 Å². The number of rotatable bonds is 4. The Kier molecular flexibility index (Phi) is 4.62. The Bertz CT molecular complexity index is 686. The molecule has 126 valence electrons. The Balaban J connectivity index is 1.69. The molecule has 3 rings (SSSR count). The van der Waals surface area contributed by atoms with Gasteiger partial charge in [-0.05, 0) is 36.8 Å². The van der Waals surface area contributed by atoms with E-state index in [1.807, 2.05) is 0 Å². The van der Waals surface area contributed by atoms with Crippen LogP contribution < -0.4 is 10.2 Å². The van der Waals surface area contributed by atoms with Gasteiger partial charge in [0.25, 0.3) is 0 Å². The van der Waals surface area contributed by atoms with E-state index in [-0.39, 0.29) is 23.5 Å². The van der Waals surface area contributed by atoms with Crippen molar-refractivity contribution in [3.05, 3.63) is 29.3 Å². The van der Waals surface area contributed by atoms with Crippen molar-refractivity contribution < 1.29 is 13.2 Å². The van der Waals surface area contributed by atoms with Crippen LogP contribution in [0.2, 0.25) is 0 Å². The van der Waals surface area contributed by atoms with Crippen LogP contribution in [0, 0.1) is 0 Å². The maximum atomic E-state index is 12.3. The number of nitrogens with zero attached hydrogens (tertiary/aromatic N) is 1. The van der Waals surface area contributed by atoms with Crippen LogP contribution in [0.25, 0.3) is 0 Å². The standard InChI is InChI=1S/C17H24N2O3S/c1-2-13-5-3-6-14-7-4-9-19(17(13)14)11-16(20)18-15-8-10-23(21,22)12-15/h3,5-6,15H,2,4,7-12H2,1H3,(H,18,20)/t15-/m1/s1. The van der Waals surface area contributed by atoms with Crippen LogP contribution in [0.1, 0.15) is 30.9 Å². The van der Waals surface area contributed by atoms with E-state index in [1.165, 1.54) is 16.8 Å². The van der Waals surface area contributed by atoms with Gasteiger partial charge in [-0.15, -0.1) is 0 Å². The molecule has 6 heteroatoms. The summed E-state index contributed by atoms with van der Waals surface area (Å²) in [6.07, 6.45) is 3.58. The third kappa shape index (κ3) is 3.68. The third-order valence-corrected chi connectivity index (χ3v) is 6.47. The zero-order valence-electron chi connectivity index (χ0n) is 13.5. The predicted octanol–water partition coefficient (Wildman–Crippen LogP) is 1.30. The summed E-state index contributed by atoms with van der Waals surface area (Å²) in [5.74, 6) is 0.186. The van der Waals surface area contributed by atoms with Gasteiger partial charge in [-0.25, -0.2) is 8.42 Å². The first kappa shape index (κ1) is 16.3. The summed E-state index contributed by atoms with van der Waals surface area (Å²) in [7, 11) is -2.96. The molecule has 0 aliphatic carbocycles. The largest absolute Gasteiger partial charge is 0.362 e. The lowest BCUT2D eigenvalue weighted by atomic mass is 9.96. The van der Waals surface area contributed by atoms with Crippen molar-refractivity contribution in [3.63, 3.8) is 0 Å². The number of hydrogen-bond donors (Lipinski definition) is 1. The van der Waals surface area contributed by atoms with Gasteiger partial charge in [0, 0.05) is 18.3 Å². The first-order valence-corrected chi connectivity index (χ1v) is 10.2. The number of amides is 1. The molecular formula is C17H24N2O3S. The highest BCUT2D eigenvalue weighted by atomic mass is 32.2. The molecule has 1 aromatic rings. The molecule has 2 heterocycles. The topological polar surface area (TPSA) is 66.5 Å². The molecule has 0 aromatic heterocycles. The molecule has 0 unspecified atom stereocenters. The average molecular weight is 336 g/mol. The van der Waals surface area contributed by atoms with Crippen molar-refractivity contribution in [1.29, 1.82) is 0 Å². The zero-order chi connectivity index (χ0) is 16.4. The zero-order valence-corrected chi connectivity index (χ0v) is 14.4. The second kappa shape index (κ2) is 6.51. The summed E-state index contributed by atoms with van der Waals surface area (Å²) in [6.45, 7) is 3.31. The molecule has 0 radical (unpaired) electrons. The predicted molar refractivity (Wildman–Crippen MR) is 91.6 cm³/mol. The quantitative estimate of drug-likeness (QED) is 0.900. The van der Waals surface area contributed by atoms with Crippen molar-refractivity contribution in [2.45, 2.75) is 38.6 Å². The van der Waals surface area contributed by atoms with E-state index < -0.39 is 9.84 Å². The third-order valence-electron chi connectivity index (χ3n) is 4.71. The molecule has 1 amide bonds. The van der Waals surface area contributed by atoms with Crippen molar-refractivity contribution in [2.24, 2.45) is 0 Å². The second-order valence-electron chi connectivity index (χ2n) is 6.47. The smallest absolute Gasteiger partial charge is 0.239 e. The highest BCUT2D eigenvalue weighted by molar-refractivity contribution is 7.91. The minimum Gasteiger partial charge on any atom is -0.362 e. The molecular weight excluding hydrogens is 312 g/mol. The Hall–Kier alpha value is -1.56. The van der Waals surface area contributed by atoms with E-state index in [9.17, 15) is 13.2 Å². The van der Waals surface area contributed by atoms with E-state index in [2.05, 4.69) is 35.3 Å². The number of carbonyl (C=O) groups is 1. The van der Waals surface area contributed by atoms with Crippen molar-refractivity contribution >= 4 is 21.4 Å². The van der Waals surface area contributed by atoms with Crippen molar-refractivity contribution in [2.75, 3.05) is 29.5 Å². The fourth-order valence-corrected chi connectivity index (χ4v) is 5.30. The number of carbonyl (C=O) groups excluding carboxylic acids is 1. The fraction of sp³-hybridized carbons (Fsp3) is 0.588. The van der Waals surface area contributed by atoms with Gasteiger partial charge in [0.05, 0.1) is 18.1 Å². The molecule has 0 saturated carbocycles. The number of para-hydroxylation sites is 1. The van der Waals surface area contributed by atoms with Crippen molar-refractivity contribution in [1.82, 2.24) is 5.32 Å². The van der Waals surface area contributed by atoms with Crippen LogP contribution in [0.15, 0.2) is 18.2 Å². The lowest BCUT2D eigenvalue weighted by molar-refractivity contribution is -0.120. The molecule has 0 bridgehead atoms. The summed E-state index contributed by atoms with van der Waals surface area (Å²) in [5, 5.41) is 2.89. The minimum absolute atomic E-state index is 0.0779. The van der Waals surface area contributed by atoms with Crippen molar-refractivity contribution in [3.8, 4) is 0 Å². The number of aryl methyl sites for hydroxylation is 2. The summed E-state index contributed by atoms with van der Waals surface area (Å²) >= 11 is 0. The van der Waals surface area contributed by atoms with Crippen LogP contribution in [0.5, 0.6) is 0 Å². The minimum atomic E-state index is -2.96. The van der Waals surface area contributed by atoms with Gasteiger partial charge < -0.3 is 10.2 Å². The van der Waals surface area contributed by atoms with Gasteiger partial charge >= 0.3 is 0 Å². The van der Waals surface area contributed by atoms with Gasteiger partial charge in [-0.2, -0.15) is 0 Å². The summed E-state index contributed by atoms with van der Waals surface area (Å²) < 4.78 is 23.0. The van der Waals surface area contributed by atoms with Crippen LogP contribution in [0.4, 0.5) is 5.69 Å². The lowest BCUT2D eigenvalue weighted by Gasteiger charge is -2.33. The molecule has 2 aliphatic rings. The first-order valence-electron chi connectivity index (χ1n) is 8.34. The number of nitrogens with one attached hydrogen (secondary N) is 1. The van der Waals surface area contributed by atoms with E-state index in [1.54, 1.807) is 0 Å². The molecule has 1 saturated heterocycles. The fourth-order valence-electron chi connectivity index (χ4n) is 3.62. The Morgan fingerprint density at radius 2 is 2.22 bits per heavy atom. The number of anilines is 1. The van der Waals surface area contributed by atoms with E-state index in [4.69, 9.17) is 0 Å². The van der Waals surface area contributed by atoms with Gasteiger partial charge in [0.2, 0.25) is 5.91 Å². The lowest BCUT2D eigenvalue weighted by Crippen LogP contribution is -2.44. The Labute approximate surface area is 138 Å². The number of fused-ring (bicyclic) bond motifs is 1. The molecule has 1 aromatic carbocycles. The van der Waals surface area contributed by atoms with Crippen LogP contribution in [0.3, 0.4) is 0 Å². The molecule has 2 aliphatic heterocycles. The van der Waals surface area contributed by atoms with Gasteiger partial charge in [0.1, 0.15) is 0 Å². The highest BCUT2D eigenvalue weighted by Gasteiger charge is 2.29. The van der Waals surface area contributed by atoms with Crippen LogP contribution in [-0.2, 0) is 27.5 Å². The molecule has 1 atom stereocenters. The van der Waals surface area contributed by atoms with Crippen LogP contribution >= 0.6 is 0 Å². The molecule has 5 nitrogen and oxygen atoms in total. The molecule has 1 N–H and O–H groups in total. The monoisotopic (exact) mass is 336 g/mol. The molecule has 1 fully saturated rings. The summed E-state index contributed by atoms with van der Waals surface area (Å²) in [4.78, 5) is 14.5. The second-order valence-corrected chi connectivity index (χ2v) is 8.70. The van der Waals surface area contributed by atoms with E-state index in [0.29, 0.717) is 13.0 Å². The maximum Gasteiger partial charge on any atom is 0.239 e. The normalized spacial score (nSPS) is 22.7. The van der Waals surface area contributed by atoms with Gasteiger partial charge in [-0.3, -0.25) is 4.79 Å². The maximum absolute atomic E-state index is 12.3. The first-order chi connectivity index (χ1) is 11.0. The number of sulfone groups is 1. The van der Waals surface area contributed by atoms with E-state index >= 15 is 0 Å². The number of benzene rings is 1. The van der Waals surface area contributed by atoms with Gasteiger partial charge in [-0.1, -0.05) is 25.1 Å². The summed E-state index contributed by atoms with van der Waals surface area (Å²) in [6, 6.07) is 6.13. The molecule has 0 spiro atoms. The van der Waals surface area contributed by atoms with Crippen LogP contribution in [-0.4, -0.2) is 45.0 Å². The average Bonchev–Trinajstić information content (AvgIpc) is 2.85. The summed E-state index contributed by atoms with van der Waals surface area (Å²) in [5.41, 5.74) is 3.79. The van der Waals surface area contributed by atoms with E-state index in [0.717, 1.165) is 25.8 Å². The molecule has 23 heavy (non-hydrogen) atoms. The SMILES string of the molecule is CCc1cccc2c1N(CC(=O)N[C@@H]1CCS(=O)(=O)C1)CCC2. The number of hydrogen-bond acceptors (Lipinski definition) is 4. The Morgan fingerprint density at radius 1 is 1.39 bits per heavy atom. The Morgan fingerprint density at radius 3 is 2.91 bits per heavy atom.